The number of nitrogens with one attached hydrogen (secondary N) is 2. The van der Waals surface area contributed by atoms with Gasteiger partial charge in [0.25, 0.3) is 5.91 Å². The molecule has 0 spiro atoms. The molecule has 2 aromatic rings. The molecule has 0 aliphatic carbocycles. The highest BCUT2D eigenvalue weighted by atomic mass is 35.5. The highest BCUT2D eigenvalue weighted by Crippen LogP contribution is 2.16. The summed E-state index contributed by atoms with van der Waals surface area (Å²) in [5, 5.41) is 6.07. The van der Waals surface area contributed by atoms with Gasteiger partial charge in [-0.2, -0.15) is 0 Å². The normalized spacial score (nSPS) is 10.2. The highest BCUT2D eigenvalue weighted by molar-refractivity contribution is 6.30. The predicted octanol–water partition coefficient (Wildman–Crippen LogP) is 3.66. The number of hydrogen-bond acceptors (Lipinski definition) is 2. The minimum Gasteiger partial charge on any atom is -0.355 e. The molecule has 0 fully saturated rings. The molecule has 4 nitrogen and oxygen atoms in total. The number of carbonyl (C=O) groups excluding carboxylic acids is 2. The van der Waals surface area contributed by atoms with Crippen molar-refractivity contribution in [1.82, 2.24) is 5.32 Å². The van der Waals surface area contributed by atoms with Gasteiger partial charge < -0.3 is 10.6 Å². The first-order valence-electron chi connectivity index (χ1n) is 7.45. The van der Waals surface area contributed by atoms with Crippen molar-refractivity contribution in [1.29, 1.82) is 0 Å². The molecule has 2 N–H and O–H groups in total. The molecule has 2 aromatic carbocycles. The third-order valence-electron chi connectivity index (χ3n) is 3.46. The van der Waals surface area contributed by atoms with Crippen molar-refractivity contribution in [3.05, 3.63) is 64.7 Å². The van der Waals surface area contributed by atoms with Crippen LogP contribution >= 0.6 is 11.6 Å². The van der Waals surface area contributed by atoms with Crippen LogP contribution in [0.15, 0.2) is 48.5 Å². The van der Waals surface area contributed by atoms with Crippen molar-refractivity contribution in [3.63, 3.8) is 0 Å². The zero-order valence-corrected chi connectivity index (χ0v) is 13.7. The number of hydrogen-bond donors (Lipinski definition) is 2. The first-order valence-corrected chi connectivity index (χ1v) is 7.83. The van der Waals surface area contributed by atoms with Gasteiger partial charge in [-0.1, -0.05) is 35.9 Å². The van der Waals surface area contributed by atoms with Gasteiger partial charge in [0.2, 0.25) is 5.91 Å². The third-order valence-corrected chi connectivity index (χ3v) is 3.71. The van der Waals surface area contributed by atoms with Crippen molar-refractivity contribution in [2.45, 2.75) is 19.3 Å². The number of anilines is 1. The van der Waals surface area contributed by atoms with Gasteiger partial charge in [-0.25, -0.2) is 0 Å². The molecular weight excluding hydrogens is 312 g/mol. The van der Waals surface area contributed by atoms with Gasteiger partial charge in [0.1, 0.15) is 0 Å². The van der Waals surface area contributed by atoms with Crippen LogP contribution in [0.2, 0.25) is 5.02 Å². The summed E-state index contributed by atoms with van der Waals surface area (Å²) in [5.41, 5.74) is 2.14. The molecular formula is C18H19ClN2O2. The number of amides is 2. The van der Waals surface area contributed by atoms with Gasteiger partial charge in [0.15, 0.2) is 0 Å². The number of rotatable bonds is 6. The fourth-order valence-electron chi connectivity index (χ4n) is 2.24. The van der Waals surface area contributed by atoms with Gasteiger partial charge in [0, 0.05) is 18.5 Å². The molecule has 0 aliphatic rings. The second-order valence-electron chi connectivity index (χ2n) is 5.15. The lowest BCUT2D eigenvalue weighted by molar-refractivity contribution is -0.116. The van der Waals surface area contributed by atoms with E-state index in [1.54, 1.807) is 31.3 Å². The SMILES string of the molecule is CNC(=O)c1ccccc1NC(=O)CCCc1ccc(Cl)cc1. The van der Waals surface area contributed by atoms with Crippen molar-refractivity contribution < 1.29 is 9.59 Å². The van der Waals surface area contributed by atoms with E-state index in [-0.39, 0.29) is 11.8 Å². The lowest BCUT2D eigenvalue weighted by Gasteiger charge is -2.10. The van der Waals surface area contributed by atoms with Crippen LogP contribution in [0.5, 0.6) is 0 Å². The number of carbonyl (C=O) groups is 2. The molecule has 0 aliphatic heterocycles. The van der Waals surface area contributed by atoms with Crippen molar-refractivity contribution >= 4 is 29.1 Å². The van der Waals surface area contributed by atoms with Crippen molar-refractivity contribution in [2.24, 2.45) is 0 Å². The van der Waals surface area contributed by atoms with Crippen LogP contribution < -0.4 is 10.6 Å². The summed E-state index contributed by atoms with van der Waals surface area (Å²) in [6, 6.07) is 14.6. The maximum atomic E-state index is 12.1. The fourth-order valence-corrected chi connectivity index (χ4v) is 2.37. The monoisotopic (exact) mass is 330 g/mol. The van der Waals surface area contributed by atoms with E-state index in [2.05, 4.69) is 10.6 Å². The molecule has 0 saturated heterocycles. The summed E-state index contributed by atoms with van der Waals surface area (Å²) >= 11 is 5.84. The van der Waals surface area contributed by atoms with E-state index in [1.807, 2.05) is 24.3 Å². The van der Waals surface area contributed by atoms with Crippen LogP contribution in [-0.2, 0) is 11.2 Å². The van der Waals surface area contributed by atoms with E-state index in [1.165, 1.54) is 0 Å². The Morgan fingerprint density at radius 1 is 1.04 bits per heavy atom. The van der Waals surface area contributed by atoms with E-state index < -0.39 is 0 Å². The Morgan fingerprint density at radius 2 is 1.74 bits per heavy atom. The van der Waals surface area contributed by atoms with Crippen molar-refractivity contribution in [3.8, 4) is 0 Å². The summed E-state index contributed by atoms with van der Waals surface area (Å²) in [5.74, 6) is -0.322. The Kier molecular flexibility index (Phi) is 6.18. The summed E-state index contributed by atoms with van der Waals surface area (Å²) in [6.45, 7) is 0. The van der Waals surface area contributed by atoms with Crippen LogP contribution in [0, 0.1) is 0 Å². The van der Waals surface area contributed by atoms with Crippen LogP contribution in [0.25, 0.3) is 0 Å². The van der Waals surface area contributed by atoms with Crippen LogP contribution in [-0.4, -0.2) is 18.9 Å². The van der Waals surface area contributed by atoms with Gasteiger partial charge in [-0.3, -0.25) is 9.59 Å². The molecule has 0 radical (unpaired) electrons. The first kappa shape index (κ1) is 17.0. The van der Waals surface area contributed by atoms with Gasteiger partial charge in [-0.05, 0) is 42.7 Å². The number of aryl methyl sites for hydroxylation is 1. The lowest BCUT2D eigenvalue weighted by Crippen LogP contribution is -2.21. The maximum absolute atomic E-state index is 12.1. The topological polar surface area (TPSA) is 58.2 Å². The van der Waals surface area contributed by atoms with Gasteiger partial charge in [0.05, 0.1) is 11.3 Å². The van der Waals surface area contributed by atoms with Crippen LogP contribution in [0.4, 0.5) is 5.69 Å². The minimum atomic E-state index is -0.220. The average Bonchev–Trinajstić information content (AvgIpc) is 2.56. The molecule has 0 unspecified atom stereocenters. The number of benzene rings is 2. The Hall–Kier alpha value is -2.33. The van der Waals surface area contributed by atoms with Crippen LogP contribution in [0.1, 0.15) is 28.8 Å². The van der Waals surface area contributed by atoms with E-state index in [0.717, 1.165) is 18.4 Å². The zero-order valence-electron chi connectivity index (χ0n) is 12.9. The van der Waals surface area contributed by atoms with Gasteiger partial charge >= 0.3 is 0 Å². The van der Waals surface area contributed by atoms with Crippen LogP contribution in [0.3, 0.4) is 0 Å². The molecule has 0 heterocycles. The quantitative estimate of drug-likeness (QED) is 0.849. The summed E-state index contributed by atoms with van der Waals surface area (Å²) < 4.78 is 0. The molecule has 0 saturated carbocycles. The van der Waals surface area contributed by atoms with Gasteiger partial charge in [-0.15, -0.1) is 0 Å². The standard InChI is InChI=1S/C18H19ClN2O2/c1-20-18(23)15-6-2-3-7-16(15)21-17(22)8-4-5-13-9-11-14(19)12-10-13/h2-3,6-7,9-12H,4-5,8H2,1H3,(H,20,23)(H,21,22). The Bertz CT molecular complexity index is 684. The molecule has 5 heteroatoms. The second kappa shape index (κ2) is 8.34. The number of para-hydroxylation sites is 1. The Morgan fingerprint density at radius 3 is 2.43 bits per heavy atom. The molecule has 0 atom stereocenters. The zero-order chi connectivity index (χ0) is 16.7. The third kappa shape index (κ3) is 5.11. The summed E-state index contributed by atoms with van der Waals surface area (Å²) in [4.78, 5) is 23.8. The van der Waals surface area contributed by atoms with Crippen molar-refractivity contribution in [2.75, 3.05) is 12.4 Å². The molecule has 0 aromatic heterocycles. The van der Waals surface area contributed by atoms with E-state index in [0.29, 0.717) is 22.7 Å². The minimum absolute atomic E-state index is 0.102. The first-order chi connectivity index (χ1) is 11.1. The number of halogens is 1. The molecule has 120 valence electrons. The largest absolute Gasteiger partial charge is 0.355 e. The van der Waals surface area contributed by atoms with E-state index in [9.17, 15) is 9.59 Å². The molecule has 23 heavy (non-hydrogen) atoms. The average molecular weight is 331 g/mol. The molecule has 2 amide bonds. The smallest absolute Gasteiger partial charge is 0.253 e. The summed E-state index contributed by atoms with van der Waals surface area (Å²) in [7, 11) is 1.56. The maximum Gasteiger partial charge on any atom is 0.253 e. The Balaban J connectivity index is 1.88. The van der Waals surface area contributed by atoms with E-state index >= 15 is 0 Å². The predicted molar refractivity (Wildman–Crippen MR) is 92.9 cm³/mol. The Labute approximate surface area is 140 Å². The second-order valence-corrected chi connectivity index (χ2v) is 5.59. The molecule has 0 bridgehead atoms. The lowest BCUT2D eigenvalue weighted by atomic mass is 10.1. The molecule has 2 rings (SSSR count). The van der Waals surface area contributed by atoms with E-state index in [4.69, 9.17) is 11.6 Å². The summed E-state index contributed by atoms with van der Waals surface area (Å²) in [6.07, 6.45) is 1.93. The highest BCUT2D eigenvalue weighted by Gasteiger charge is 2.11. The fraction of sp³-hybridized carbons (Fsp3) is 0.222.